The van der Waals surface area contributed by atoms with Gasteiger partial charge in [-0.05, 0) is 67.9 Å². The van der Waals surface area contributed by atoms with Gasteiger partial charge < -0.3 is 14.5 Å². The van der Waals surface area contributed by atoms with Gasteiger partial charge in [0.1, 0.15) is 5.75 Å². The predicted molar refractivity (Wildman–Crippen MR) is 142 cm³/mol. The summed E-state index contributed by atoms with van der Waals surface area (Å²) in [5, 5.41) is 0. The van der Waals surface area contributed by atoms with Crippen molar-refractivity contribution in [3.05, 3.63) is 82.2 Å². The predicted octanol–water partition coefficient (Wildman–Crippen LogP) is 5.60. The van der Waals surface area contributed by atoms with Crippen LogP contribution in [-0.4, -0.2) is 38.1 Å². The van der Waals surface area contributed by atoms with Crippen LogP contribution in [0.1, 0.15) is 58.1 Å². The van der Waals surface area contributed by atoms with Crippen LogP contribution in [-0.2, 0) is 19.3 Å². The van der Waals surface area contributed by atoms with Gasteiger partial charge in [-0.1, -0.05) is 30.7 Å². The van der Waals surface area contributed by atoms with Gasteiger partial charge in [-0.3, -0.25) is 9.78 Å². The number of hydrogen-bond acceptors (Lipinski definition) is 4. The average Bonchev–Trinajstić information content (AvgIpc) is 2.87. The van der Waals surface area contributed by atoms with Crippen molar-refractivity contribution in [2.75, 3.05) is 37.0 Å². The highest BCUT2D eigenvalue weighted by atomic mass is 16.5. The smallest absolute Gasteiger partial charge is 0.258 e. The Hall–Kier alpha value is -3.34. The van der Waals surface area contributed by atoms with E-state index in [-0.39, 0.29) is 5.91 Å². The quantitative estimate of drug-likeness (QED) is 0.499. The fourth-order valence-corrected chi connectivity index (χ4v) is 5.37. The largest absolute Gasteiger partial charge is 0.496 e. The monoisotopic (exact) mass is 469 g/mol. The molecule has 1 aromatic heterocycles. The van der Waals surface area contributed by atoms with Gasteiger partial charge in [0.2, 0.25) is 0 Å². The molecule has 2 aliphatic rings. The van der Waals surface area contributed by atoms with Crippen molar-refractivity contribution in [3.8, 4) is 5.75 Å². The molecule has 0 saturated carbocycles. The number of hydrogen-bond donors (Lipinski definition) is 0. The Labute approximate surface area is 208 Å². The van der Waals surface area contributed by atoms with Crippen molar-refractivity contribution >= 4 is 17.3 Å². The summed E-state index contributed by atoms with van der Waals surface area (Å²) in [7, 11) is 3.59. The Morgan fingerprint density at radius 2 is 1.80 bits per heavy atom. The minimum atomic E-state index is 0.0277. The van der Waals surface area contributed by atoms with Crippen molar-refractivity contribution < 1.29 is 9.53 Å². The van der Waals surface area contributed by atoms with Crippen LogP contribution in [0.25, 0.3) is 0 Å². The van der Waals surface area contributed by atoms with E-state index < -0.39 is 0 Å². The number of nitrogens with zero attached hydrogens (tertiary/aromatic N) is 3. The summed E-state index contributed by atoms with van der Waals surface area (Å²) in [5.41, 5.74) is 8.51. The molecular weight excluding hydrogens is 434 g/mol. The highest BCUT2D eigenvalue weighted by Crippen LogP contribution is 2.32. The summed E-state index contributed by atoms with van der Waals surface area (Å²) in [6.07, 6.45) is 6.76. The molecule has 35 heavy (non-hydrogen) atoms. The number of amides is 1. The van der Waals surface area contributed by atoms with Crippen molar-refractivity contribution in [1.82, 2.24) is 4.98 Å². The first-order valence-electron chi connectivity index (χ1n) is 12.7. The Morgan fingerprint density at radius 1 is 1.03 bits per heavy atom. The summed E-state index contributed by atoms with van der Waals surface area (Å²) < 4.78 is 5.79. The number of aryl methyl sites for hydroxylation is 3. The number of ether oxygens (including phenoxy) is 1. The topological polar surface area (TPSA) is 45.7 Å². The number of carbonyl (C=O) groups excluding carboxylic acids is 1. The number of aromatic nitrogens is 1. The molecule has 2 aromatic carbocycles. The molecule has 5 rings (SSSR count). The van der Waals surface area contributed by atoms with E-state index in [4.69, 9.17) is 9.72 Å². The van der Waals surface area contributed by atoms with Crippen LogP contribution < -0.4 is 14.5 Å². The van der Waals surface area contributed by atoms with Crippen molar-refractivity contribution in [1.29, 1.82) is 0 Å². The maximum Gasteiger partial charge on any atom is 0.258 e. The van der Waals surface area contributed by atoms with E-state index in [9.17, 15) is 4.79 Å². The third-order valence-corrected chi connectivity index (χ3v) is 7.63. The first kappa shape index (κ1) is 23.4. The molecule has 3 heterocycles. The molecule has 5 nitrogen and oxygen atoms in total. The molecule has 3 aromatic rings. The van der Waals surface area contributed by atoms with Crippen LogP contribution in [0.4, 0.5) is 11.4 Å². The molecule has 2 aliphatic heterocycles. The molecule has 0 unspecified atom stereocenters. The molecule has 1 saturated heterocycles. The summed E-state index contributed by atoms with van der Waals surface area (Å²) in [6, 6.07) is 14.8. The Kier molecular flexibility index (Phi) is 6.50. The van der Waals surface area contributed by atoms with Crippen molar-refractivity contribution in [3.63, 3.8) is 0 Å². The Balaban J connectivity index is 1.39. The zero-order valence-electron chi connectivity index (χ0n) is 21.3. The van der Waals surface area contributed by atoms with Crippen LogP contribution in [0.5, 0.6) is 5.75 Å². The second-order valence-electron chi connectivity index (χ2n) is 10.2. The van der Waals surface area contributed by atoms with Gasteiger partial charge in [0, 0.05) is 55.1 Å². The number of anilines is 2. The van der Waals surface area contributed by atoms with Crippen molar-refractivity contribution in [2.24, 2.45) is 5.92 Å². The molecule has 5 heteroatoms. The summed E-state index contributed by atoms with van der Waals surface area (Å²) in [6.45, 7) is 6.62. The zero-order chi connectivity index (χ0) is 24.5. The van der Waals surface area contributed by atoms with E-state index in [0.29, 0.717) is 6.42 Å². The summed E-state index contributed by atoms with van der Waals surface area (Å²) in [4.78, 5) is 22.1. The molecule has 0 spiro atoms. The second kappa shape index (κ2) is 9.73. The Morgan fingerprint density at radius 3 is 2.57 bits per heavy atom. The highest BCUT2D eigenvalue weighted by molar-refractivity contribution is 6.07. The molecule has 0 aliphatic carbocycles. The van der Waals surface area contributed by atoms with E-state index in [2.05, 4.69) is 49.1 Å². The fraction of sp³-hybridized carbons (Fsp3) is 0.400. The van der Waals surface area contributed by atoms with Crippen molar-refractivity contribution in [2.45, 2.75) is 46.0 Å². The lowest BCUT2D eigenvalue weighted by Crippen LogP contribution is -2.32. The number of fused-ring (bicyclic) bond motifs is 2. The molecule has 0 radical (unpaired) electrons. The van der Waals surface area contributed by atoms with Gasteiger partial charge >= 0.3 is 0 Å². The number of piperidine rings is 1. The third-order valence-electron chi connectivity index (χ3n) is 7.63. The summed E-state index contributed by atoms with van der Waals surface area (Å²) in [5.74, 6) is 1.74. The van der Waals surface area contributed by atoms with E-state index in [1.54, 1.807) is 12.0 Å². The highest BCUT2D eigenvalue weighted by Gasteiger charge is 2.23. The van der Waals surface area contributed by atoms with E-state index in [0.717, 1.165) is 71.2 Å². The number of rotatable bonds is 4. The first-order valence-corrected chi connectivity index (χ1v) is 12.7. The Bertz CT molecular complexity index is 1240. The number of methoxy groups -OCH3 is 1. The fourth-order valence-electron chi connectivity index (χ4n) is 5.37. The minimum Gasteiger partial charge on any atom is -0.496 e. The third kappa shape index (κ3) is 4.77. The maximum absolute atomic E-state index is 13.2. The SMILES string of the molecule is COc1cc(N2CCC(C)CC2)ccc1Cc1cc2c(cn1)N(C)C(=O)c1ccc(C)cc1CC2. The van der Waals surface area contributed by atoms with E-state index >= 15 is 0 Å². The molecule has 0 atom stereocenters. The number of benzene rings is 2. The normalized spacial score (nSPS) is 16.4. The van der Waals surface area contributed by atoms with Crippen LogP contribution in [0.15, 0.2) is 48.7 Å². The average molecular weight is 470 g/mol. The maximum atomic E-state index is 13.2. The standard InChI is InChI=1S/C30H35N3O2/c1-20-11-13-33(14-12-20)26-9-8-24(29(18-26)35-4)17-25-16-23-7-6-22-15-21(2)5-10-27(22)30(34)32(3)28(23)19-31-25/h5,8-10,15-16,18-20H,6-7,11-14,17H2,1-4H3. The lowest BCUT2D eigenvalue weighted by molar-refractivity contribution is 0.0991. The van der Waals surface area contributed by atoms with Crippen LogP contribution in [0.2, 0.25) is 0 Å². The van der Waals surface area contributed by atoms with E-state index in [1.807, 2.05) is 25.4 Å². The zero-order valence-corrected chi connectivity index (χ0v) is 21.3. The molecule has 0 N–H and O–H groups in total. The van der Waals surface area contributed by atoms with Crippen LogP contribution in [0.3, 0.4) is 0 Å². The number of carbonyl (C=O) groups is 1. The van der Waals surface area contributed by atoms with Gasteiger partial charge in [0.05, 0.1) is 19.0 Å². The second-order valence-corrected chi connectivity index (χ2v) is 10.2. The van der Waals surface area contributed by atoms with Gasteiger partial charge in [0.15, 0.2) is 0 Å². The first-order chi connectivity index (χ1) is 16.9. The molecular formula is C30H35N3O2. The summed E-state index contributed by atoms with van der Waals surface area (Å²) >= 11 is 0. The minimum absolute atomic E-state index is 0.0277. The van der Waals surface area contributed by atoms with Gasteiger partial charge in [0.25, 0.3) is 5.91 Å². The molecule has 0 bridgehead atoms. The van der Waals surface area contributed by atoms with Crippen LogP contribution in [0, 0.1) is 12.8 Å². The van der Waals surface area contributed by atoms with E-state index in [1.165, 1.54) is 24.1 Å². The van der Waals surface area contributed by atoms with Crippen LogP contribution >= 0.6 is 0 Å². The van der Waals surface area contributed by atoms with Gasteiger partial charge in [-0.15, -0.1) is 0 Å². The molecule has 1 amide bonds. The van der Waals surface area contributed by atoms with Gasteiger partial charge in [-0.25, -0.2) is 0 Å². The lowest BCUT2D eigenvalue weighted by Gasteiger charge is -2.32. The molecule has 182 valence electrons. The lowest BCUT2D eigenvalue weighted by atomic mass is 9.93. The molecule has 1 fully saturated rings. The number of pyridine rings is 1. The van der Waals surface area contributed by atoms with Gasteiger partial charge in [-0.2, -0.15) is 0 Å².